The number of amidine groups is 1. The second kappa shape index (κ2) is 14.1. The maximum absolute atomic E-state index is 7.08. The maximum atomic E-state index is 7.08. The number of furan rings is 1. The molecule has 12 aromatic rings. The molecular formula is C63H43N5O. The molecule has 6 nitrogen and oxygen atoms in total. The van der Waals surface area contributed by atoms with Crippen molar-refractivity contribution in [3.05, 3.63) is 229 Å². The Bertz CT molecular complexity index is 4330. The van der Waals surface area contributed by atoms with E-state index in [2.05, 4.69) is 241 Å². The van der Waals surface area contributed by atoms with Crippen LogP contribution in [0.15, 0.2) is 227 Å². The minimum atomic E-state index is -0.450. The molecule has 0 saturated heterocycles. The summed E-state index contributed by atoms with van der Waals surface area (Å²) >= 11 is 0. The predicted octanol–water partition coefficient (Wildman–Crippen LogP) is 15.5. The van der Waals surface area contributed by atoms with Crippen molar-refractivity contribution in [3.8, 4) is 5.69 Å². The molecule has 0 spiro atoms. The van der Waals surface area contributed by atoms with Crippen LogP contribution < -0.4 is 4.90 Å². The molecule has 0 amide bonds. The number of guanidine groups is 1. The zero-order valence-electron chi connectivity index (χ0n) is 38.0. The summed E-state index contributed by atoms with van der Waals surface area (Å²) in [7, 11) is 2.17. The van der Waals surface area contributed by atoms with E-state index < -0.39 is 11.7 Å². The first-order chi connectivity index (χ1) is 34.0. The highest BCUT2D eigenvalue weighted by molar-refractivity contribution is 6.27. The number of nitrogens with zero attached hydrogens (tertiary/aromatic N) is 5. The first-order valence-electron chi connectivity index (χ1n) is 23.9. The van der Waals surface area contributed by atoms with Gasteiger partial charge >= 0.3 is 0 Å². The molecule has 1 aliphatic carbocycles. The average Bonchev–Trinajstić information content (AvgIpc) is 4.03. The summed E-state index contributed by atoms with van der Waals surface area (Å²) in [5.41, 5.74) is 8.97. The number of aliphatic imine (C=N–C) groups is 2. The lowest BCUT2D eigenvalue weighted by Gasteiger charge is -2.41. The van der Waals surface area contributed by atoms with Crippen LogP contribution in [-0.4, -0.2) is 33.8 Å². The molecule has 15 rings (SSSR count). The first kappa shape index (κ1) is 38.4. The number of rotatable bonds is 3. The van der Waals surface area contributed by atoms with E-state index in [1.54, 1.807) is 0 Å². The van der Waals surface area contributed by atoms with Crippen molar-refractivity contribution in [2.45, 2.75) is 24.5 Å². The number of benzene rings is 10. The van der Waals surface area contributed by atoms with E-state index >= 15 is 0 Å². The van der Waals surface area contributed by atoms with E-state index in [9.17, 15) is 0 Å². The number of anilines is 1. The number of aromatic nitrogens is 1. The molecule has 0 bridgehead atoms. The Hall–Kier alpha value is -8.74. The van der Waals surface area contributed by atoms with Crippen molar-refractivity contribution < 1.29 is 4.42 Å². The quantitative estimate of drug-likeness (QED) is 0.178. The number of para-hydroxylation sites is 1. The molecule has 2 aromatic heterocycles. The molecule has 0 N–H and O–H groups in total. The largest absolute Gasteiger partial charge is 0.455 e. The van der Waals surface area contributed by atoms with Gasteiger partial charge in [-0.25, -0.2) is 4.99 Å². The summed E-state index contributed by atoms with van der Waals surface area (Å²) in [4.78, 5) is 16.3. The van der Waals surface area contributed by atoms with E-state index in [0.29, 0.717) is 5.96 Å². The van der Waals surface area contributed by atoms with Gasteiger partial charge in [0.2, 0.25) is 5.96 Å². The second-order valence-electron chi connectivity index (χ2n) is 19.1. The number of hydrogen-bond donors (Lipinski definition) is 0. The maximum Gasteiger partial charge on any atom is 0.230 e. The van der Waals surface area contributed by atoms with Gasteiger partial charge in [-0.3, -0.25) is 0 Å². The SMILES string of the molecule is CN1C(c2ccc3oc4c5ccccc5ccc4c3c2-n2c3cc4ccccc4cc3c3c4ccccc4ccc32)=NC(N2c3ccccc3C3C=CC=CC32C)=NC1c1cccc2ccccc12. The highest BCUT2D eigenvalue weighted by Gasteiger charge is 2.49. The fourth-order valence-corrected chi connectivity index (χ4v) is 12.2. The third-order valence-electron chi connectivity index (χ3n) is 15.4. The van der Waals surface area contributed by atoms with Crippen LogP contribution in [0.4, 0.5) is 5.69 Å². The summed E-state index contributed by atoms with van der Waals surface area (Å²) in [6.45, 7) is 2.33. The molecular weight excluding hydrogens is 843 g/mol. The Labute approximate surface area is 397 Å². The first-order valence-corrected chi connectivity index (χ1v) is 23.9. The Morgan fingerprint density at radius 1 is 0.536 bits per heavy atom. The molecule has 3 aliphatic rings. The van der Waals surface area contributed by atoms with Gasteiger partial charge in [-0.05, 0) is 92.7 Å². The third-order valence-corrected chi connectivity index (χ3v) is 15.4. The van der Waals surface area contributed by atoms with E-state index in [4.69, 9.17) is 14.4 Å². The van der Waals surface area contributed by atoms with Crippen molar-refractivity contribution in [1.82, 2.24) is 9.47 Å². The van der Waals surface area contributed by atoms with Gasteiger partial charge < -0.3 is 18.8 Å². The average molecular weight is 886 g/mol. The molecule has 4 heterocycles. The third kappa shape index (κ3) is 5.31. The van der Waals surface area contributed by atoms with E-state index in [-0.39, 0.29) is 5.92 Å². The normalized spacial score (nSPS) is 18.9. The molecule has 0 radical (unpaired) electrons. The van der Waals surface area contributed by atoms with Crippen LogP contribution in [0, 0.1) is 0 Å². The molecule has 3 atom stereocenters. The Balaban J connectivity index is 1.09. The highest BCUT2D eigenvalue weighted by Crippen LogP contribution is 2.52. The van der Waals surface area contributed by atoms with Crippen LogP contribution in [-0.2, 0) is 0 Å². The summed E-state index contributed by atoms with van der Waals surface area (Å²) in [5.74, 6) is 1.62. The standard InChI is InChI=1S/C63H43N5O/c1-63-35-14-13-27-51(63)47-25-11-12-28-52(47)68(63)62-64-60(46-26-15-21-38-16-5-8-22-43(38)46)66(2)61(65-62)49-32-34-55-57(48-31-29-40-18-7-10-24-45(40)59(48)69-55)58(49)67-53-33-30-39-17-6-9-23-44(39)56(53)50-36-41-19-3-4-20-42(41)37-54(50)67/h3-37,51,60H,1-2H3. The fraction of sp³-hybridized carbons (Fsp3) is 0.0794. The van der Waals surface area contributed by atoms with Crippen LogP contribution >= 0.6 is 0 Å². The van der Waals surface area contributed by atoms with Gasteiger partial charge in [0.05, 0.1) is 27.6 Å². The molecule has 2 aliphatic heterocycles. The lowest BCUT2D eigenvalue weighted by atomic mass is 9.81. The molecule has 10 aromatic carbocycles. The Morgan fingerprint density at radius 2 is 1.20 bits per heavy atom. The summed E-state index contributed by atoms with van der Waals surface area (Å²) in [6.07, 6.45) is 8.59. The summed E-state index contributed by atoms with van der Waals surface area (Å²) in [6, 6.07) is 68.3. The van der Waals surface area contributed by atoms with Crippen molar-refractivity contribution in [2.24, 2.45) is 9.98 Å². The Kier molecular flexibility index (Phi) is 7.87. The van der Waals surface area contributed by atoms with Crippen LogP contribution in [0.2, 0.25) is 0 Å². The van der Waals surface area contributed by atoms with E-state index in [0.717, 1.165) is 77.5 Å². The molecule has 69 heavy (non-hydrogen) atoms. The van der Waals surface area contributed by atoms with Gasteiger partial charge in [-0.15, -0.1) is 0 Å². The topological polar surface area (TPSA) is 49.3 Å². The van der Waals surface area contributed by atoms with Gasteiger partial charge in [0.1, 0.15) is 17.0 Å². The van der Waals surface area contributed by atoms with E-state index in [1.165, 1.54) is 43.3 Å². The molecule has 0 saturated carbocycles. The smallest absolute Gasteiger partial charge is 0.230 e. The monoisotopic (exact) mass is 885 g/mol. The minimum absolute atomic E-state index is 0.122. The minimum Gasteiger partial charge on any atom is -0.455 e. The van der Waals surface area contributed by atoms with Crippen LogP contribution in [0.5, 0.6) is 0 Å². The summed E-state index contributed by atoms with van der Waals surface area (Å²) in [5, 5.41) is 13.9. The van der Waals surface area contributed by atoms with Crippen molar-refractivity contribution in [3.63, 3.8) is 0 Å². The second-order valence-corrected chi connectivity index (χ2v) is 19.1. The van der Waals surface area contributed by atoms with E-state index in [1.807, 2.05) is 0 Å². The van der Waals surface area contributed by atoms with Crippen molar-refractivity contribution >= 4 is 104 Å². The number of allylic oxidation sites excluding steroid dienone is 2. The van der Waals surface area contributed by atoms with Crippen LogP contribution in [0.1, 0.15) is 35.7 Å². The predicted molar refractivity (Wildman–Crippen MR) is 287 cm³/mol. The molecule has 3 unspecified atom stereocenters. The zero-order chi connectivity index (χ0) is 45.5. The lowest BCUT2D eigenvalue weighted by Crippen LogP contribution is -2.50. The van der Waals surface area contributed by atoms with Crippen molar-refractivity contribution in [1.29, 1.82) is 0 Å². The van der Waals surface area contributed by atoms with Gasteiger partial charge in [-0.2, -0.15) is 4.99 Å². The molecule has 326 valence electrons. The fourth-order valence-electron chi connectivity index (χ4n) is 12.2. The van der Waals surface area contributed by atoms with Gasteiger partial charge in [-0.1, -0.05) is 170 Å². The molecule has 0 fully saturated rings. The highest BCUT2D eigenvalue weighted by atomic mass is 16.3. The van der Waals surface area contributed by atoms with Gasteiger partial charge in [0, 0.05) is 51.3 Å². The zero-order valence-corrected chi connectivity index (χ0v) is 38.0. The lowest BCUT2D eigenvalue weighted by molar-refractivity contribution is 0.382. The van der Waals surface area contributed by atoms with Crippen LogP contribution in [0.25, 0.3) is 92.5 Å². The van der Waals surface area contributed by atoms with Gasteiger partial charge in [0.15, 0.2) is 6.17 Å². The van der Waals surface area contributed by atoms with Crippen molar-refractivity contribution in [2.75, 3.05) is 11.9 Å². The van der Waals surface area contributed by atoms with Gasteiger partial charge in [0.25, 0.3) is 0 Å². The summed E-state index contributed by atoms with van der Waals surface area (Å²) < 4.78 is 9.59. The van der Waals surface area contributed by atoms with Crippen LogP contribution in [0.3, 0.4) is 0 Å². The Morgan fingerprint density at radius 3 is 2.04 bits per heavy atom. The number of fused-ring (bicyclic) bond motifs is 15. The number of hydrogen-bond acceptors (Lipinski definition) is 5. The molecule has 6 heteroatoms.